The molecule has 0 aliphatic rings. The molecule has 0 spiro atoms. The second-order valence-corrected chi connectivity index (χ2v) is 4.86. The van der Waals surface area contributed by atoms with Gasteiger partial charge < -0.3 is 14.5 Å². The lowest BCUT2D eigenvalue weighted by Crippen LogP contribution is -2.20. The highest BCUT2D eigenvalue weighted by Gasteiger charge is 2.13. The van der Waals surface area contributed by atoms with Gasteiger partial charge in [-0.15, -0.1) is 10.2 Å². The fourth-order valence-electron chi connectivity index (χ4n) is 2.00. The number of rotatable bonds is 7. The molecule has 2 rings (SSSR count). The first-order valence-electron chi connectivity index (χ1n) is 7.04. The average molecular weight is 293 g/mol. The number of hydrogen-bond acceptors (Lipinski definition) is 5. The van der Waals surface area contributed by atoms with Crippen LogP contribution in [0.4, 0.5) is 4.39 Å². The maximum absolute atomic E-state index is 13.4. The average Bonchev–Trinajstić information content (AvgIpc) is 2.88. The Morgan fingerprint density at radius 2 is 2.19 bits per heavy atom. The first-order chi connectivity index (χ1) is 10.1. The predicted molar refractivity (Wildman–Crippen MR) is 76.5 cm³/mol. The molecule has 0 bridgehead atoms. The third-order valence-electron chi connectivity index (χ3n) is 3.06. The molecule has 0 radical (unpaired) electrons. The van der Waals surface area contributed by atoms with Crippen molar-refractivity contribution in [3.05, 3.63) is 41.4 Å². The van der Waals surface area contributed by atoms with Crippen molar-refractivity contribution in [1.82, 2.24) is 15.5 Å². The van der Waals surface area contributed by atoms with Crippen LogP contribution in [0.3, 0.4) is 0 Å². The maximum Gasteiger partial charge on any atom is 0.253 e. The third kappa shape index (κ3) is 4.26. The Bertz CT molecular complexity index is 586. The van der Waals surface area contributed by atoms with Gasteiger partial charge in [-0.2, -0.15) is 0 Å². The van der Waals surface area contributed by atoms with E-state index in [9.17, 15) is 4.39 Å². The van der Waals surface area contributed by atoms with Crippen molar-refractivity contribution in [2.45, 2.75) is 39.8 Å². The van der Waals surface area contributed by atoms with Crippen LogP contribution in [0.2, 0.25) is 0 Å². The molecule has 1 atom stereocenters. The van der Waals surface area contributed by atoms with Gasteiger partial charge in [-0.3, -0.25) is 0 Å². The number of aromatic nitrogens is 2. The van der Waals surface area contributed by atoms with Crippen molar-refractivity contribution < 1.29 is 13.5 Å². The van der Waals surface area contributed by atoms with Gasteiger partial charge in [0, 0.05) is 24.6 Å². The fraction of sp³-hybridized carbons (Fsp3) is 0.467. The number of aryl methyl sites for hydroxylation is 1. The van der Waals surface area contributed by atoms with Crippen LogP contribution < -0.4 is 10.1 Å². The van der Waals surface area contributed by atoms with E-state index in [4.69, 9.17) is 9.15 Å². The Kier molecular flexibility index (Phi) is 5.27. The summed E-state index contributed by atoms with van der Waals surface area (Å²) in [5.74, 6) is 1.00. The molecule has 0 aliphatic carbocycles. The van der Waals surface area contributed by atoms with Crippen LogP contribution >= 0.6 is 0 Å². The summed E-state index contributed by atoms with van der Waals surface area (Å²) in [5, 5.41) is 10.9. The molecule has 114 valence electrons. The molecule has 6 heteroatoms. The van der Waals surface area contributed by atoms with E-state index in [1.165, 1.54) is 12.1 Å². The zero-order valence-electron chi connectivity index (χ0n) is 12.5. The van der Waals surface area contributed by atoms with Crippen LogP contribution in [0.1, 0.15) is 43.7 Å². The van der Waals surface area contributed by atoms with E-state index >= 15 is 0 Å². The van der Waals surface area contributed by atoms with Crippen LogP contribution in [0, 0.1) is 12.7 Å². The smallest absolute Gasteiger partial charge is 0.253 e. The minimum Gasteiger partial charge on any atom is -0.483 e. The number of benzene rings is 1. The van der Waals surface area contributed by atoms with Gasteiger partial charge in [-0.05, 0) is 26.0 Å². The lowest BCUT2D eigenvalue weighted by atomic mass is 10.1. The summed E-state index contributed by atoms with van der Waals surface area (Å²) in [5.41, 5.74) is 0.904. The minimum absolute atomic E-state index is 0.0740. The molecule has 0 amide bonds. The van der Waals surface area contributed by atoms with Gasteiger partial charge >= 0.3 is 0 Å². The molecule has 5 nitrogen and oxygen atoms in total. The second-order valence-electron chi connectivity index (χ2n) is 4.86. The van der Waals surface area contributed by atoms with E-state index < -0.39 is 0 Å². The summed E-state index contributed by atoms with van der Waals surface area (Å²) in [7, 11) is 0. The molecule has 1 aromatic heterocycles. The molecule has 0 saturated carbocycles. The highest BCUT2D eigenvalue weighted by atomic mass is 19.1. The molecule has 1 N–H and O–H groups in total. The Morgan fingerprint density at radius 1 is 1.38 bits per heavy atom. The normalized spacial score (nSPS) is 12.4. The van der Waals surface area contributed by atoms with Crippen LogP contribution in [0.5, 0.6) is 5.75 Å². The molecule has 0 saturated heterocycles. The fourth-order valence-corrected chi connectivity index (χ4v) is 2.00. The zero-order chi connectivity index (χ0) is 15.2. The number of halogens is 1. The summed E-state index contributed by atoms with van der Waals surface area (Å²) in [6.45, 7) is 6.84. The Morgan fingerprint density at radius 3 is 2.86 bits per heavy atom. The van der Waals surface area contributed by atoms with E-state index in [1.807, 2.05) is 6.92 Å². The van der Waals surface area contributed by atoms with Gasteiger partial charge in [0.25, 0.3) is 5.89 Å². The van der Waals surface area contributed by atoms with Crippen molar-refractivity contribution in [3.8, 4) is 5.75 Å². The standard InChI is InChI=1S/C15H20FN3O2/c1-4-7-17-10(2)13-6-5-12(16)8-14(13)20-9-15-19-18-11(3)21-15/h5-6,8,10,17H,4,7,9H2,1-3H3. The molecule has 0 fully saturated rings. The molecular formula is C15H20FN3O2. The number of nitrogens with zero attached hydrogens (tertiary/aromatic N) is 2. The van der Waals surface area contributed by atoms with Crippen molar-refractivity contribution in [3.63, 3.8) is 0 Å². The van der Waals surface area contributed by atoms with Gasteiger partial charge in [0.2, 0.25) is 5.89 Å². The first kappa shape index (κ1) is 15.4. The molecule has 1 aromatic carbocycles. The van der Waals surface area contributed by atoms with Gasteiger partial charge in [0.05, 0.1) is 0 Å². The monoisotopic (exact) mass is 293 g/mol. The lowest BCUT2D eigenvalue weighted by molar-refractivity contribution is 0.255. The topological polar surface area (TPSA) is 60.2 Å². The first-order valence-corrected chi connectivity index (χ1v) is 7.04. The number of hydrogen-bond donors (Lipinski definition) is 1. The molecule has 1 unspecified atom stereocenters. The Balaban J connectivity index is 2.10. The summed E-state index contributed by atoms with van der Waals surface area (Å²) in [6.07, 6.45) is 1.03. The van der Waals surface area contributed by atoms with Crippen LogP contribution in [0.25, 0.3) is 0 Å². The van der Waals surface area contributed by atoms with Crippen molar-refractivity contribution in [2.75, 3.05) is 6.54 Å². The third-order valence-corrected chi connectivity index (χ3v) is 3.06. The summed E-state index contributed by atoms with van der Waals surface area (Å²) in [6, 6.07) is 4.62. The molecule has 0 aliphatic heterocycles. The van der Waals surface area contributed by atoms with Crippen molar-refractivity contribution >= 4 is 0 Å². The summed E-state index contributed by atoms with van der Waals surface area (Å²) >= 11 is 0. The summed E-state index contributed by atoms with van der Waals surface area (Å²) in [4.78, 5) is 0. The van der Waals surface area contributed by atoms with Crippen LogP contribution in [-0.4, -0.2) is 16.7 Å². The van der Waals surface area contributed by atoms with Gasteiger partial charge in [-0.1, -0.05) is 13.0 Å². The van der Waals surface area contributed by atoms with E-state index in [-0.39, 0.29) is 18.5 Å². The van der Waals surface area contributed by atoms with E-state index in [0.29, 0.717) is 17.5 Å². The van der Waals surface area contributed by atoms with E-state index in [2.05, 4.69) is 22.4 Å². The molecular weight excluding hydrogens is 273 g/mol. The maximum atomic E-state index is 13.4. The Hall–Kier alpha value is -1.95. The van der Waals surface area contributed by atoms with Gasteiger partial charge in [0.1, 0.15) is 11.6 Å². The lowest BCUT2D eigenvalue weighted by Gasteiger charge is -2.17. The molecule has 1 heterocycles. The van der Waals surface area contributed by atoms with E-state index in [0.717, 1.165) is 18.5 Å². The quantitative estimate of drug-likeness (QED) is 0.849. The van der Waals surface area contributed by atoms with Crippen molar-refractivity contribution in [1.29, 1.82) is 0 Å². The molecule has 2 aromatic rings. The largest absolute Gasteiger partial charge is 0.483 e. The van der Waals surface area contributed by atoms with E-state index in [1.54, 1.807) is 13.0 Å². The zero-order valence-corrected chi connectivity index (χ0v) is 12.5. The molecule has 21 heavy (non-hydrogen) atoms. The SMILES string of the molecule is CCCNC(C)c1ccc(F)cc1OCc1nnc(C)o1. The van der Waals surface area contributed by atoms with Crippen molar-refractivity contribution in [2.24, 2.45) is 0 Å². The second kappa shape index (κ2) is 7.17. The van der Waals surface area contributed by atoms with Gasteiger partial charge in [-0.25, -0.2) is 4.39 Å². The number of nitrogens with one attached hydrogen (secondary N) is 1. The highest BCUT2D eigenvalue weighted by Crippen LogP contribution is 2.27. The van der Waals surface area contributed by atoms with Crippen LogP contribution in [-0.2, 0) is 6.61 Å². The highest BCUT2D eigenvalue weighted by molar-refractivity contribution is 5.36. The summed E-state index contributed by atoms with van der Waals surface area (Å²) < 4.78 is 24.3. The minimum atomic E-state index is -0.335. The predicted octanol–water partition coefficient (Wildman–Crippen LogP) is 3.16. The number of ether oxygens (including phenoxy) is 1. The Labute approximate surface area is 123 Å². The van der Waals surface area contributed by atoms with Crippen LogP contribution in [0.15, 0.2) is 22.6 Å². The van der Waals surface area contributed by atoms with Gasteiger partial charge in [0.15, 0.2) is 6.61 Å².